The number of carbonyl (C=O) groups excluding carboxylic acids is 1. The number of hydrogen-bond acceptors (Lipinski definition) is 5. The first kappa shape index (κ1) is 15.3. The highest BCUT2D eigenvalue weighted by atomic mass is 35.5. The van der Waals surface area contributed by atoms with Crippen LogP contribution in [0.15, 0.2) is 34.9 Å². The molecule has 0 atom stereocenters. The van der Waals surface area contributed by atoms with Crippen molar-refractivity contribution >= 4 is 23.3 Å². The number of anilines is 1. The molecule has 1 aromatic carbocycles. The molecular formula is C15H16ClNO4. The topological polar surface area (TPSA) is 60.7 Å². The largest absolute Gasteiger partial charge is 0.492 e. The summed E-state index contributed by atoms with van der Waals surface area (Å²) in [5.74, 6) is 0.340. The van der Waals surface area contributed by atoms with Crippen molar-refractivity contribution in [2.45, 2.75) is 13.5 Å². The number of furan rings is 1. The molecule has 0 bridgehead atoms. The van der Waals surface area contributed by atoms with Gasteiger partial charge in [-0.1, -0.05) is 11.6 Å². The van der Waals surface area contributed by atoms with Crippen LogP contribution < -0.4 is 10.1 Å². The SMILES string of the molecule is CCOc1ccc(NCc2ccoc2C(=O)OC)cc1Cl. The highest BCUT2D eigenvalue weighted by Gasteiger charge is 2.15. The Balaban J connectivity index is 2.05. The zero-order valence-electron chi connectivity index (χ0n) is 11.8. The molecule has 0 aliphatic carbocycles. The van der Waals surface area contributed by atoms with Gasteiger partial charge in [0.1, 0.15) is 5.75 Å². The second-order valence-electron chi connectivity index (χ2n) is 4.20. The minimum Gasteiger partial charge on any atom is -0.492 e. The normalized spacial score (nSPS) is 10.2. The Morgan fingerprint density at radius 1 is 1.38 bits per heavy atom. The zero-order valence-corrected chi connectivity index (χ0v) is 12.6. The summed E-state index contributed by atoms with van der Waals surface area (Å²) in [6.45, 7) is 2.88. The molecule has 0 aliphatic heterocycles. The van der Waals surface area contributed by atoms with Gasteiger partial charge in [0.15, 0.2) is 0 Å². The van der Waals surface area contributed by atoms with Crippen molar-refractivity contribution in [2.24, 2.45) is 0 Å². The summed E-state index contributed by atoms with van der Waals surface area (Å²) in [6.07, 6.45) is 1.45. The molecule has 21 heavy (non-hydrogen) atoms. The van der Waals surface area contributed by atoms with Crippen LogP contribution in [-0.4, -0.2) is 19.7 Å². The molecule has 0 spiro atoms. The Bertz CT molecular complexity index is 624. The highest BCUT2D eigenvalue weighted by molar-refractivity contribution is 6.32. The number of esters is 1. The number of hydrogen-bond donors (Lipinski definition) is 1. The third-order valence-corrected chi connectivity index (χ3v) is 3.13. The second kappa shape index (κ2) is 7.04. The molecule has 0 radical (unpaired) electrons. The molecule has 0 fully saturated rings. The molecule has 0 saturated heterocycles. The maximum atomic E-state index is 11.5. The van der Waals surface area contributed by atoms with Crippen LogP contribution in [0.1, 0.15) is 23.0 Å². The maximum Gasteiger partial charge on any atom is 0.374 e. The molecule has 0 aliphatic rings. The molecule has 0 saturated carbocycles. The van der Waals surface area contributed by atoms with Gasteiger partial charge in [0.25, 0.3) is 0 Å². The third kappa shape index (κ3) is 3.70. The number of nitrogens with one attached hydrogen (secondary N) is 1. The summed E-state index contributed by atoms with van der Waals surface area (Å²) in [7, 11) is 1.31. The van der Waals surface area contributed by atoms with Crippen LogP contribution in [0, 0.1) is 0 Å². The van der Waals surface area contributed by atoms with Gasteiger partial charge in [-0.2, -0.15) is 0 Å². The minimum atomic E-state index is -0.499. The number of halogens is 1. The van der Waals surface area contributed by atoms with E-state index in [2.05, 4.69) is 10.1 Å². The number of rotatable bonds is 6. The number of benzene rings is 1. The van der Waals surface area contributed by atoms with Gasteiger partial charge >= 0.3 is 5.97 Å². The van der Waals surface area contributed by atoms with E-state index in [1.807, 2.05) is 13.0 Å². The van der Waals surface area contributed by atoms with E-state index >= 15 is 0 Å². The lowest BCUT2D eigenvalue weighted by molar-refractivity contribution is 0.0563. The summed E-state index contributed by atoms with van der Waals surface area (Å²) >= 11 is 6.12. The van der Waals surface area contributed by atoms with Crippen molar-refractivity contribution in [3.63, 3.8) is 0 Å². The van der Waals surface area contributed by atoms with E-state index in [0.29, 0.717) is 29.5 Å². The van der Waals surface area contributed by atoms with E-state index in [4.69, 9.17) is 20.8 Å². The fourth-order valence-electron chi connectivity index (χ4n) is 1.83. The van der Waals surface area contributed by atoms with E-state index in [1.165, 1.54) is 13.4 Å². The number of methoxy groups -OCH3 is 1. The van der Waals surface area contributed by atoms with E-state index in [9.17, 15) is 4.79 Å². The van der Waals surface area contributed by atoms with Crippen molar-refractivity contribution in [3.8, 4) is 5.75 Å². The molecule has 112 valence electrons. The van der Waals surface area contributed by atoms with Gasteiger partial charge in [0, 0.05) is 17.8 Å². The van der Waals surface area contributed by atoms with E-state index in [0.717, 1.165) is 5.69 Å². The molecule has 1 N–H and O–H groups in total. The lowest BCUT2D eigenvalue weighted by Gasteiger charge is -2.09. The molecule has 1 aromatic heterocycles. The molecule has 6 heteroatoms. The molecule has 0 unspecified atom stereocenters. The molecular weight excluding hydrogens is 294 g/mol. The fourth-order valence-corrected chi connectivity index (χ4v) is 2.06. The Kier molecular flexibility index (Phi) is 5.11. The van der Waals surface area contributed by atoms with E-state index < -0.39 is 5.97 Å². The lowest BCUT2D eigenvalue weighted by Crippen LogP contribution is -2.06. The van der Waals surface area contributed by atoms with E-state index in [1.54, 1.807) is 18.2 Å². The van der Waals surface area contributed by atoms with Crippen molar-refractivity contribution in [1.29, 1.82) is 0 Å². The summed E-state index contributed by atoms with van der Waals surface area (Å²) < 4.78 is 15.1. The smallest absolute Gasteiger partial charge is 0.374 e. The predicted molar refractivity (Wildman–Crippen MR) is 80.0 cm³/mol. The number of ether oxygens (including phenoxy) is 2. The van der Waals surface area contributed by atoms with Crippen LogP contribution >= 0.6 is 11.6 Å². The highest BCUT2D eigenvalue weighted by Crippen LogP contribution is 2.28. The monoisotopic (exact) mass is 309 g/mol. The van der Waals surface area contributed by atoms with Gasteiger partial charge in [0.05, 0.1) is 25.0 Å². The quantitative estimate of drug-likeness (QED) is 0.824. The number of carbonyl (C=O) groups is 1. The molecule has 5 nitrogen and oxygen atoms in total. The van der Waals surface area contributed by atoms with Gasteiger partial charge in [-0.05, 0) is 31.2 Å². The Morgan fingerprint density at radius 2 is 2.19 bits per heavy atom. The second-order valence-corrected chi connectivity index (χ2v) is 4.61. The molecule has 2 rings (SSSR count). The van der Waals surface area contributed by atoms with Crippen molar-refractivity contribution in [3.05, 3.63) is 46.9 Å². The first-order valence-corrected chi connectivity index (χ1v) is 6.84. The Morgan fingerprint density at radius 3 is 2.86 bits per heavy atom. The third-order valence-electron chi connectivity index (χ3n) is 2.83. The van der Waals surface area contributed by atoms with Crippen LogP contribution in [0.25, 0.3) is 0 Å². The standard InChI is InChI=1S/C15H16ClNO4/c1-3-20-13-5-4-11(8-12(13)16)17-9-10-6-7-21-14(10)15(18)19-2/h4-8,17H,3,9H2,1-2H3. The average Bonchev–Trinajstić information content (AvgIpc) is 2.95. The summed E-state index contributed by atoms with van der Waals surface area (Å²) in [5, 5.41) is 3.70. The zero-order chi connectivity index (χ0) is 15.2. The molecule has 0 amide bonds. The maximum absolute atomic E-state index is 11.5. The van der Waals surface area contributed by atoms with E-state index in [-0.39, 0.29) is 5.76 Å². The molecule has 1 heterocycles. The minimum absolute atomic E-state index is 0.196. The first-order valence-electron chi connectivity index (χ1n) is 6.46. The van der Waals surface area contributed by atoms with Gasteiger partial charge < -0.3 is 19.2 Å². The summed E-state index contributed by atoms with van der Waals surface area (Å²) in [4.78, 5) is 11.5. The van der Waals surface area contributed by atoms with Crippen LogP contribution in [-0.2, 0) is 11.3 Å². The Hall–Kier alpha value is -2.14. The first-order chi connectivity index (χ1) is 10.2. The van der Waals surface area contributed by atoms with Gasteiger partial charge in [-0.25, -0.2) is 4.79 Å². The van der Waals surface area contributed by atoms with Gasteiger partial charge in [0.2, 0.25) is 5.76 Å². The van der Waals surface area contributed by atoms with Gasteiger partial charge in [-0.15, -0.1) is 0 Å². The predicted octanol–water partition coefficient (Wildman–Crippen LogP) is 3.73. The van der Waals surface area contributed by atoms with Crippen molar-refractivity contribution < 1.29 is 18.7 Å². The van der Waals surface area contributed by atoms with Crippen molar-refractivity contribution in [2.75, 3.05) is 19.0 Å². The fraction of sp³-hybridized carbons (Fsp3) is 0.267. The van der Waals surface area contributed by atoms with Gasteiger partial charge in [-0.3, -0.25) is 0 Å². The summed E-state index contributed by atoms with van der Waals surface area (Å²) in [6, 6.07) is 7.14. The molecule has 2 aromatic rings. The van der Waals surface area contributed by atoms with Crippen molar-refractivity contribution in [1.82, 2.24) is 0 Å². The summed E-state index contributed by atoms with van der Waals surface area (Å²) in [5.41, 5.74) is 1.53. The van der Waals surface area contributed by atoms with Crippen LogP contribution in [0.5, 0.6) is 5.75 Å². The van der Waals surface area contributed by atoms with Crippen LogP contribution in [0.3, 0.4) is 0 Å². The average molecular weight is 310 g/mol. The Labute approximate surface area is 127 Å². The van der Waals surface area contributed by atoms with Crippen LogP contribution in [0.2, 0.25) is 5.02 Å². The van der Waals surface area contributed by atoms with Crippen LogP contribution in [0.4, 0.5) is 5.69 Å². The lowest BCUT2D eigenvalue weighted by atomic mass is 10.2.